The van der Waals surface area contributed by atoms with Crippen LogP contribution in [0.5, 0.6) is 0 Å². The molecule has 0 spiro atoms. The number of rotatable bonds is 32. The molecule has 778 valence electrons. The number of hydrazine groups is 2. The van der Waals surface area contributed by atoms with Gasteiger partial charge in [-0.1, -0.05) is 13.8 Å². The second kappa shape index (κ2) is 49.1. The topological polar surface area (TPSA) is 898 Å². The number of methoxy groups -OCH3 is 2. The number of carbonyl (C=O) groups excluding carboxylic acids is 7. The number of carbonyl (C=O) groups is 8. The van der Waals surface area contributed by atoms with Gasteiger partial charge in [-0.15, -0.1) is 0 Å². The minimum absolute atomic E-state index is 0.284. The zero-order valence-corrected chi connectivity index (χ0v) is 74.9. The molecule has 10 heterocycles. The molecule has 10 saturated heterocycles. The Kier molecular flexibility index (Phi) is 40.3. The smallest absolute Gasteiger partial charge is 0.333 e. The van der Waals surface area contributed by atoms with Crippen molar-refractivity contribution in [2.24, 2.45) is 11.8 Å². The number of carboxylic acids is 1. The van der Waals surface area contributed by atoms with E-state index in [0.29, 0.717) is 0 Å². The van der Waals surface area contributed by atoms with Crippen molar-refractivity contribution < 1.29 is 246 Å². The second-order valence-electron chi connectivity index (χ2n) is 33.5. The van der Waals surface area contributed by atoms with Crippen LogP contribution >= 0.6 is 24.4 Å². The lowest BCUT2D eigenvalue weighted by molar-refractivity contribution is -0.372. The average molecular weight is 2010 g/mol. The largest absolute Gasteiger partial charge is 0.479 e. The van der Waals surface area contributed by atoms with Gasteiger partial charge in [0.1, 0.15) is 207 Å². The third kappa shape index (κ3) is 25.5. The highest BCUT2D eigenvalue weighted by molar-refractivity contribution is 7.80. The zero-order chi connectivity index (χ0) is 101. The molecule has 10 aliphatic heterocycles. The van der Waals surface area contributed by atoms with Crippen LogP contribution in [0.1, 0.15) is 41.5 Å². The molecule has 6 amide bonds. The van der Waals surface area contributed by atoms with Crippen molar-refractivity contribution in [3.63, 3.8) is 0 Å². The van der Waals surface area contributed by atoms with Crippen molar-refractivity contribution in [1.82, 2.24) is 53.6 Å². The molecule has 10 fully saturated rings. The number of carboxylic acid groups (broad SMARTS) is 1. The van der Waals surface area contributed by atoms with Crippen LogP contribution in [-0.2, 0) is 128 Å². The summed E-state index contributed by atoms with van der Waals surface area (Å²) in [5.74, 6) is -10.3. The van der Waals surface area contributed by atoms with Crippen LogP contribution in [-0.4, -0.2) is 524 Å². The molecule has 0 aromatic rings. The highest BCUT2D eigenvalue weighted by atomic mass is 32.1. The van der Waals surface area contributed by atoms with E-state index in [-0.39, 0.29) is 6.29 Å². The fraction of sp³-hybridized carbons (Fsp3) is 0.865. The van der Waals surface area contributed by atoms with Gasteiger partial charge in [0.15, 0.2) is 91.4 Å². The number of hydrogen-bond donors (Lipinski definition) is 33. The Morgan fingerprint density at radius 3 is 0.868 bits per heavy atom. The molecule has 62 heteroatoms. The average Bonchev–Trinajstić information content (AvgIpc) is 0.769. The van der Waals surface area contributed by atoms with Crippen LogP contribution in [0.3, 0.4) is 0 Å². The van der Waals surface area contributed by atoms with Crippen molar-refractivity contribution in [2.45, 2.75) is 336 Å². The minimum Gasteiger partial charge on any atom is -0.479 e. The lowest BCUT2D eigenvalue weighted by atomic mass is 9.90. The fourth-order valence-corrected chi connectivity index (χ4v) is 17.0. The van der Waals surface area contributed by atoms with Crippen LogP contribution < -0.4 is 53.6 Å². The molecule has 20 unspecified atom stereocenters. The van der Waals surface area contributed by atoms with Gasteiger partial charge in [-0.25, -0.2) is 4.79 Å². The summed E-state index contributed by atoms with van der Waals surface area (Å²) in [5.41, 5.74) is 8.75. The molecule has 0 aliphatic carbocycles. The number of aliphatic hydroxyl groups excluding tert-OH is 22. The number of aliphatic hydroxyl groups is 22. The summed E-state index contributed by atoms with van der Waals surface area (Å²) in [7, 11) is 2.22. The van der Waals surface area contributed by atoms with Gasteiger partial charge < -0.3 is 244 Å². The van der Waals surface area contributed by atoms with Crippen molar-refractivity contribution in [3.05, 3.63) is 0 Å². The molecule has 0 saturated carbocycles. The van der Waals surface area contributed by atoms with E-state index >= 15 is 0 Å². The third-order valence-corrected chi connectivity index (χ3v) is 24.6. The third-order valence-electron chi connectivity index (χ3n) is 24.1. The van der Waals surface area contributed by atoms with Crippen LogP contribution in [0.4, 0.5) is 0 Å². The van der Waals surface area contributed by atoms with E-state index in [9.17, 15) is 156 Å². The first-order valence-corrected chi connectivity index (χ1v) is 43.3. The Morgan fingerprint density at radius 1 is 0.301 bits per heavy atom. The highest BCUT2D eigenvalue weighted by Crippen LogP contribution is 2.40. The summed E-state index contributed by atoms with van der Waals surface area (Å²) in [5, 5.41) is 270. The molecule has 0 radical (unpaired) electrons. The Bertz CT molecular complexity index is 3950. The zero-order valence-electron chi connectivity index (χ0n) is 73.3. The Morgan fingerprint density at radius 2 is 0.566 bits per heavy atom. The van der Waals surface area contributed by atoms with Crippen LogP contribution in [0.15, 0.2) is 0 Å². The lowest BCUT2D eigenvalue weighted by Crippen LogP contribution is -2.71. The molecule has 0 aromatic heterocycles. The SMILES string of the molecule is CO[C@@H]1OC(CO)[C@@H](O)[C@H](OC2OC(C(=O)NNC(=S)NCC3O[C@H](O[C@H]4OC(CNC(=S)NNC(=O)C5O[C@@H](O[C@@H]6C(NC(C)=O)[C@H](OC)OC(CO)[C@H]6O)C(O)[C@@H](O)[C@@H]5O[C@@H]5OC(CO)[C@@H](O)[C@H](O[C@@H]6OC(C(=O)O)[C@@H](C)[C@H](O)C6O)C5NC(C)=O)[C@@H](O)[C@H](O)C4O)C(O)[C@@H](O)[C@@H]3O)[C@@H](O[C@@H]3OC(CO)[C@@H](O)[C@H](O[C@@H]4OC(C=O)[C@@H](C)[C@H](O)C4O)C3NC(C)=O)[C@H](O)[C@@H]2O)C1NC(C)=O. The summed E-state index contributed by atoms with van der Waals surface area (Å²) in [6, 6.07) is -6.88. The molecular weight excluding hydrogens is 1890 g/mol. The monoisotopic (exact) mass is 2010 g/mol. The first kappa shape index (κ1) is 112. The van der Waals surface area contributed by atoms with Gasteiger partial charge in [-0.2, -0.15) is 0 Å². The second-order valence-corrected chi connectivity index (χ2v) is 34.3. The maximum absolute atomic E-state index is 14.8. The van der Waals surface area contributed by atoms with Crippen LogP contribution in [0.25, 0.3) is 0 Å². The van der Waals surface area contributed by atoms with Crippen molar-refractivity contribution in [3.8, 4) is 0 Å². The molecule has 50 atom stereocenters. The predicted octanol–water partition coefficient (Wildman–Crippen LogP) is -21.1. The van der Waals surface area contributed by atoms with Crippen molar-refractivity contribution >= 4 is 82.4 Å². The van der Waals surface area contributed by atoms with E-state index < -0.39 is 398 Å². The van der Waals surface area contributed by atoms with Gasteiger partial charge in [0.05, 0.1) is 38.6 Å². The van der Waals surface area contributed by atoms with E-state index in [1.165, 1.54) is 13.8 Å². The summed E-state index contributed by atoms with van der Waals surface area (Å²) < 4.78 is 110. The summed E-state index contributed by atoms with van der Waals surface area (Å²) in [4.78, 5) is 105. The molecule has 33 N–H and O–H groups in total. The molecule has 136 heavy (non-hydrogen) atoms. The molecular formula is C74H120N10O50S2. The minimum atomic E-state index is -2.49. The number of nitrogens with one attached hydrogen (secondary N) is 10. The van der Waals surface area contributed by atoms with E-state index in [1.54, 1.807) is 0 Å². The quantitative estimate of drug-likeness (QED) is 0.0169. The molecule has 10 aliphatic rings. The van der Waals surface area contributed by atoms with Gasteiger partial charge in [-0.3, -0.25) is 50.5 Å². The number of amides is 6. The number of aldehydes is 1. The van der Waals surface area contributed by atoms with Gasteiger partial charge in [0.25, 0.3) is 11.8 Å². The summed E-state index contributed by atoms with van der Waals surface area (Å²) in [6.45, 7) is 0.985. The fourth-order valence-electron chi connectivity index (χ4n) is 16.7. The molecule has 0 bridgehead atoms. The van der Waals surface area contributed by atoms with Gasteiger partial charge in [-0.05, 0) is 24.4 Å². The summed E-state index contributed by atoms with van der Waals surface area (Å²) >= 11 is 10.8. The predicted molar refractivity (Wildman–Crippen MR) is 434 cm³/mol. The Hall–Kier alpha value is -6.30. The van der Waals surface area contributed by atoms with Gasteiger partial charge >= 0.3 is 5.97 Å². The van der Waals surface area contributed by atoms with Crippen LogP contribution in [0, 0.1) is 11.8 Å². The Balaban J connectivity index is 0.824. The van der Waals surface area contributed by atoms with Gasteiger partial charge in [0, 0.05) is 66.8 Å². The lowest BCUT2D eigenvalue weighted by Gasteiger charge is -2.50. The van der Waals surface area contributed by atoms with Gasteiger partial charge in [0.2, 0.25) is 23.6 Å². The van der Waals surface area contributed by atoms with Crippen molar-refractivity contribution in [2.75, 3.05) is 53.7 Å². The Labute approximate surface area is 780 Å². The number of aliphatic carboxylic acids is 1. The first-order valence-electron chi connectivity index (χ1n) is 42.5. The number of thiocarbonyl (C=S) groups is 2. The van der Waals surface area contributed by atoms with Crippen LogP contribution in [0.2, 0.25) is 0 Å². The maximum atomic E-state index is 14.8. The van der Waals surface area contributed by atoms with E-state index in [0.717, 1.165) is 41.9 Å². The molecule has 10 rings (SSSR count). The van der Waals surface area contributed by atoms with E-state index in [1.807, 2.05) is 0 Å². The normalized spacial score (nSPS) is 45.5. The van der Waals surface area contributed by atoms with E-state index in [2.05, 4.69) is 53.6 Å². The highest BCUT2D eigenvalue weighted by Gasteiger charge is 2.62. The first-order chi connectivity index (χ1) is 64.2. The number of ether oxygens (including phenoxy) is 19. The standard InChI is InChI=1S/C74H120N10O50S2/c1-16-24(11-85)120-67(45(106)33(16)94)126-54-31(79-20(5)92)65(123-27(14-88)39(54)100)130-56-43(104)49(110)71(127-52-29(77-18(3)90)63(116-7)121-25(12-86)37(52)98)132-58(56)60(112)81-83-73(135)75-9-22-35(96)41(102)47(108)68(118-22)134-69-48(109)42(103)36(97)23(119-69)10-76-74(136)84-82-61(113)59-57(44(105)50(111)72(133-59)128-53-30(78-19(4)91)64(117-8)122-26(13-87)38(53)99)131-66-32(80-21(6)93)55(40(101)28(15-89)124-66)129-70-46(107)34(95)17(2)51(125-70)62(114)115/h11,16-17,22-59,63-72,86-89,94-111H,9-10,12-15H2,1-8H3,(H,77,90)(H,78,91)(H,79,92)(H,80,93)(H,81,112)(H,82,113)(H,114,115)(H2,75,83,135)(H2,76,84,136)/t16-,17+,22?,23?,24?,25?,26?,27?,28?,29?,30?,31?,32?,33+,34+,35-,36-,37-,38-,39-,40-,41+,42+,43-,44-,45?,46?,47?,48?,49+,50?,51?,52-,53-,54-,55-,56+,57+,58?,59?,63-,64-,65+,66+,67+,68-,69-,70+,71?,72-/m1/s1. The molecule has 0 aromatic carbocycles. The van der Waals surface area contributed by atoms with E-state index in [4.69, 9.17) is 114 Å². The number of hydrogen-bond acceptors (Lipinski definition) is 51. The van der Waals surface area contributed by atoms with Crippen molar-refractivity contribution in [1.29, 1.82) is 0 Å². The maximum Gasteiger partial charge on any atom is 0.333 e. The summed E-state index contributed by atoms with van der Waals surface area (Å²) in [6.07, 6.45) is -89.4. The molecule has 60 nitrogen and oxygen atoms in total.